The highest BCUT2D eigenvalue weighted by molar-refractivity contribution is 5.32. The number of hydrogen-bond donors (Lipinski definition) is 2. The number of nitriles is 1. The van der Waals surface area contributed by atoms with E-state index in [1.54, 1.807) is 26.2 Å². The SMILES string of the molecule is COCCC(C)(O)CNC(C)c1ccc(C#N)cc1. The van der Waals surface area contributed by atoms with Gasteiger partial charge in [-0.1, -0.05) is 12.1 Å². The van der Waals surface area contributed by atoms with Crippen molar-refractivity contribution in [2.24, 2.45) is 0 Å². The van der Waals surface area contributed by atoms with Gasteiger partial charge in [-0.25, -0.2) is 0 Å². The molecule has 0 fully saturated rings. The molecule has 0 saturated heterocycles. The minimum Gasteiger partial charge on any atom is -0.389 e. The second kappa shape index (κ2) is 7.25. The van der Waals surface area contributed by atoms with Crippen molar-refractivity contribution in [3.05, 3.63) is 35.4 Å². The molecule has 2 atom stereocenters. The Morgan fingerprint density at radius 1 is 1.42 bits per heavy atom. The van der Waals surface area contributed by atoms with Gasteiger partial charge >= 0.3 is 0 Å². The van der Waals surface area contributed by atoms with E-state index in [0.29, 0.717) is 25.1 Å². The number of benzene rings is 1. The van der Waals surface area contributed by atoms with Gasteiger partial charge in [0.25, 0.3) is 0 Å². The highest BCUT2D eigenvalue weighted by Crippen LogP contribution is 2.15. The van der Waals surface area contributed by atoms with Crippen LogP contribution >= 0.6 is 0 Å². The number of rotatable bonds is 7. The van der Waals surface area contributed by atoms with E-state index in [1.807, 2.05) is 19.1 Å². The maximum Gasteiger partial charge on any atom is 0.0991 e. The molecule has 4 nitrogen and oxygen atoms in total. The number of nitrogens with zero attached hydrogens (tertiary/aromatic N) is 1. The van der Waals surface area contributed by atoms with E-state index in [9.17, 15) is 5.11 Å². The molecular weight excluding hydrogens is 240 g/mol. The van der Waals surface area contributed by atoms with E-state index in [0.717, 1.165) is 5.56 Å². The average Bonchev–Trinajstić information content (AvgIpc) is 2.43. The summed E-state index contributed by atoms with van der Waals surface area (Å²) < 4.78 is 4.98. The van der Waals surface area contributed by atoms with Crippen molar-refractivity contribution in [3.8, 4) is 6.07 Å². The van der Waals surface area contributed by atoms with Crippen molar-refractivity contribution >= 4 is 0 Å². The molecule has 0 aliphatic carbocycles. The van der Waals surface area contributed by atoms with Crippen molar-refractivity contribution in [1.82, 2.24) is 5.32 Å². The number of methoxy groups -OCH3 is 1. The molecule has 1 aromatic carbocycles. The molecule has 104 valence electrons. The minimum absolute atomic E-state index is 0.127. The molecule has 0 spiro atoms. The summed E-state index contributed by atoms with van der Waals surface area (Å²) in [6.45, 7) is 4.87. The highest BCUT2D eigenvalue weighted by Gasteiger charge is 2.20. The predicted octanol–water partition coefficient (Wildman–Crippen LogP) is 2.00. The maximum atomic E-state index is 10.1. The van der Waals surface area contributed by atoms with Gasteiger partial charge in [-0.15, -0.1) is 0 Å². The quantitative estimate of drug-likeness (QED) is 0.788. The fourth-order valence-corrected chi connectivity index (χ4v) is 1.75. The van der Waals surface area contributed by atoms with Crippen LogP contribution in [0.1, 0.15) is 37.4 Å². The lowest BCUT2D eigenvalue weighted by Gasteiger charge is -2.26. The third-order valence-corrected chi connectivity index (χ3v) is 3.17. The summed E-state index contributed by atoms with van der Waals surface area (Å²) in [6, 6.07) is 9.69. The van der Waals surface area contributed by atoms with E-state index < -0.39 is 5.60 Å². The van der Waals surface area contributed by atoms with E-state index >= 15 is 0 Å². The van der Waals surface area contributed by atoms with Gasteiger partial charge in [-0.05, 0) is 31.5 Å². The van der Waals surface area contributed by atoms with Crippen LogP contribution in [0.2, 0.25) is 0 Å². The van der Waals surface area contributed by atoms with Crippen LogP contribution in [0.3, 0.4) is 0 Å². The van der Waals surface area contributed by atoms with Gasteiger partial charge in [0, 0.05) is 32.7 Å². The number of hydrogen-bond acceptors (Lipinski definition) is 4. The summed E-state index contributed by atoms with van der Waals surface area (Å²) in [5.74, 6) is 0. The number of aliphatic hydroxyl groups is 1. The first-order valence-corrected chi connectivity index (χ1v) is 6.43. The fourth-order valence-electron chi connectivity index (χ4n) is 1.75. The Morgan fingerprint density at radius 2 is 2.05 bits per heavy atom. The standard InChI is InChI=1S/C15H22N2O2/c1-12(14-6-4-13(10-16)5-7-14)17-11-15(2,18)8-9-19-3/h4-7,12,17-18H,8-9,11H2,1-3H3. The Bertz CT molecular complexity index is 421. The fraction of sp³-hybridized carbons (Fsp3) is 0.533. The molecular formula is C15H22N2O2. The van der Waals surface area contributed by atoms with Crippen molar-refractivity contribution in [2.75, 3.05) is 20.3 Å². The lowest BCUT2D eigenvalue weighted by molar-refractivity contribution is 0.0231. The predicted molar refractivity (Wildman–Crippen MR) is 74.7 cm³/mol. The summed E-state index contributed by atoms with van der Waals surface area (Å²) in [4.78, 5) is 0. The number of ether oxygens (including phenoxy) is 1. The summed E-state index contributed by atoms with van der Waals surface area (Å²) in [5.41, 5.74) is 0.973. The van der Waals surface area contributed by atoms with Crippen LogP contribution in [0.25, 0.3) is 0 Å². The first-order chi connectivity index (χ1) is 8.98. The number of nitrogens with one attached hydrogen (secondary N) is 1. The van der Waals surface area contributed by atoms with E-state index in [1.165, 1.54) is 0 Å². The van der Waals surface area contributed by atoms with Crippen LogP contribution < -0.4 is 5.32 Å². The van der Waals surface area contributed by atoms with Crippen molar-refractivity contribution < 1.29 is 9.84 Å². The Morgan fingerprint density at radius 3 is 2.58 bits per heavy atom. The van der Waals surface area contributed by atoms with Crippen LogP contribution in [0.4, 0.5) is 0 Å². The van der Waals surface area contributed by atoms with Gasteiger partial charge in [-0.3, -0.25) is 0 Å². The van der Waals surface area contributed by atoms with Gasteiger partial charge in [0.2, 0.25) is 0 Å². The molecule has 0 radical (unpaired) electrons. The van der Waals surface area contributed by atoms with Crippen molar-refractivity contribution in [3.63, 3.8) is 0 Å². The normalized spacial score (nSPS) is 15.5. The molecule has 0 bridgehead atoms. The van der Waals surface area contributed by atoms with Crippen LogP contribution in [0.15, 0.2) is 24.3 Å². The second-order valence-electron chi connectivity index (χ2n) is 5.08. The molecule has 19 heavy (non-hydrogen) atoms. The summed E-state index contributed by atoms with van der Waals surface area (Å²) >= 11 is 0. The molecule has 0 amide bonds. The molecule has 1 rings (SSSR count). The lowest BCUT2D eigenvalue weighted by Crippen LogP contribution is -2.39. The van der Waals surface area contributed by atoms with Gasteiger partial charge in [0.05, 0.1) is 17.2 Å². The van der Waals surface area contributed by atoms with Gasteiger partial charge in [-0.2, -0.15) is 5.26 Å². The highest BCUT2D eigenvalue weighted by atomic mass is 16.5. The molecule has 2 N–H and O–H groups in total. The van der Waals surface area contributed by atoms with Gasteiger partial charge in [0.1, 0.15) is 0 Å². The van der Waals surface area contributed by atoms with Crippen LogP contribution in [0.5, 0.6) is 0 Å². The third kappa shape index (κ3) is 5.39. The Labute approximate surface area is 115 Å². The topological polar surface area (TPSA) is 65.3 Å². The third-order valence-electron chi connectivity index (χ3n) is 3.17. The minimum atomic E-state index is -0.781. The summed E-state index contributed by atoms with van der Waals surface area (Å²) in [7, 11) is 1.63. The molecule has 4 heteroatoms. The van der Waals surface area contributed by atoms with E-state index in [2.05, 4.69) is 11.4 Å². The van der Waals surface area contributed by atoms with Crippen LogP contribution in [-0.2, 0) is 4.74 Å². The first-order valence-electron chi connectivity index (χ1n) is 6.43. The van der Waals surface area contributed by atoms with Crippen LogP contribution in [0, 0.1) is 11.3 Å². The van der Waals surface area contributed by atoms with Gasteiger partial charge in [0.15, 0.2) is 0 Å². The molecule has 0 aromatic heterocycles. The monoisotopic (exact) mass is 262 g/mol. The van der Waals surface area contributed by atoms with E-state index in [-0.39, 0.29) is 6.04 Å². The zero-order chi connectivity index (χ0) is 14.3. The molecule has 0 heterocycles. The smallest absolute Gasteiger partial charge is 0.0991 e. The van der Waals surface area contributed by atoms with Crippen molar-refractivity contribution in [1.29, 1.82) is 5.26 Å². The first kappa shape index (κ1) is 15.6. The molecule has 2 unspecified atom stereocenters. The summed E-state index contributed by atoms with van der Waals surface area (Å²) in [5, 5.41) is 22.2. The molecule has 0 aliphatic rings. The Balaban J connectivity index is 2.50. The Hall–Kier alpha value is -1.41. The maximum absolute atomic E-state index is 10.1. The lowest BCUT2D eigenvalue weighted by atomic mass is 10.0. The van der Waals surface area contributed by atoms with Crippen LogP contribution in [-0.4, -0.2) is 31.0 Å². The largest absolute Gasteiger partial charge is 0.389 e. The Kier molecular flexibility index (Phi) is 5.97. The zero-order valence-corrected chi connectivity index (χ0v) is 11.8. The average molecular weight is 262 g/mol. The zero-order valence-electron chi connectivity index (χ0n) is 11.8. The van der Waals surface area contributed by atoms with Crippen molar-refractivity contribution in [2.45, 2.75) is 31.9 Å². The van der Waals surface area contributed by atoms with Gasteiger partial charge < -0.3 is 15.2 Å². The molecule has 1 aromatic rings. The second-order valence-corrected chi connectivity index (χ2v) is 5.08. The molecule has 0 saturated carbocycles. The summed E-state index contributed by atoms with van der Waals surface area (Å²) in [6.07, 6.45) is 0.594. The van der Waals surface area contributed by atoms with E-state index in [4.69, 9.17) is 10.00 Å². The molecule has 0 aliphatic heterocycles.